The largest absolute Gasteiger partial charge is 0.508 e. The molecule has 4 aliphatic rings. The Bertz CT molecular complexity index is 1690. The van der Waals surface area contributed by atoms with Gasteiger partial charge in [0.25, 0.3) is 11.8 Å². The molecule has 8 nitrogen and oxygen atoms in total. The summed E-state index contributed by atoms with van der Waals surface area (Å²) >= 11 is 6.25. The van der Waals surface area contributed by atoms with Crippen LogP contribution in [0, 0.1) is 29.5 Å². The number of rotatable bonds is 4. The van der Waals surface area contributed by atoms with Crippen LogP contribution in [0.4, 0.5) is 10.1 Å². The summed E-state index contributed by atoms with van der Waals surface area (Å²) in [5.74, 6) is -5.94. The van der Waals surface area contributed by atoms with Gasteiger partial charge in [0.15, 0.2) is 0 Å². The van der Waals surface area contributed by atoms with Gasteiger partial charge in [-0.1, -0.05) is 53.6 Å². The normalized spacial score (nSPS) is 29.9. The van der Waals surface area contributed by atoms with Crippen LogP contribution >= 0.6 is 11.6 Å². The predicted molar refractivity (Wildman–Crippen MR) is 150 cm³/mol. The second kappa shape index (κ2) is 9.52. The highest BCUT2D eigenvalue weighted by atomic mass is 35.5. The number of anilines is 1. The van der Waals surface area contributed by atoms with Gasteiger partial charge < -0.3 is 5.11 Å². The van der Waals surface area contributed by atoms with Gasteiger partial charge in [-0.05, 0) is 66.8 Å². The van der Waals surface area contributed by atoms with E-state index in [1.165, 1.54) is 30.3 Å². The number of phenols is 1. The van der Waals surface area contributed by atoms with Crippen molar-refractivity contribution in [2.45, 2.75) is 24.2 Å². The van der Waals surface area contributed by atoms with E-state index in [4.69, 9.17) is 11.6 Å². The zero-order valence-corrected chi connectivity index (χ0v) is 22.8. The van der Waals surface area contributed by atoms with Gasteiger partial charge in [-0.25, -0.2) is 4.39 Å². The Labute approximate surface area is 245 Å². The van der Waals surface area contributed by atoms with Crippen molar-refractivity contribution in [3.63, 3.8) is 0 Å². The Morgan fingerprint density at radius 3 is 2.36 bits per heavy atom. The molecule has 4 amide bonds. The first-order chi connectivity index (χ1) is 20.2. The number of imide groups is 2. The number of para-hydroxylation sites is 1. The van der Waals surface area contributed by atoms with Gasteiger partial charge in [-0.15, -0.1) is 0 Å². The van der Waals surface area contributed by atoms with Gasteiger partial charge in [0.2, 0.25) is 11.8 Å². The summed E-state index contributed by atoms with van der Waals surface area (Å²) in [7, 11) is 0. The Morgan fingerprint density at radius 2 is 1.64 bits per heavy atom. The lowest BCUT2D eigenvalue weighted by Gasteiger charge is -2.50. The summed E-state index contributed by atoms with van der Waals surface area (Å²) in [6.07, 6.45) is 2.33. The molecule has 2 saturated heterocycles. The maximum atomic E-state index is 14.8. The van der Waals surface area contributed by atoms with Crippen molar-refractivity contribution in [1.29, 1.82) is 0 Å². The van der Waals surface area contributed by atoms with Gasteiger partial charge in [0.1, 0.15) is 11.6 Å². The molecule has 3 aromatic rings. The minimum Gasteiger partial charge on any atom is -0.508 e. The van der Waals surface area contributed by atoms with Gasteiger partial charge in [-0.3, -0.25) is 29.9 Å². The van der Waals surface area contributed by atoms with E-state index in [0.717, 1.165) is 10.6 Å². The van der Waals surface area contributed by atoms with E-state index in [0.29, 0.717) is 28.3 Å². The number of carbonyl (C=O) groups excluding carboxylic acids is 4. The maximum Gasteiger partial charge on any atom is 0.260 e. The molecule has 0 spiro atoms. The summed E-state index contributed by atoms with van der Waals surface area (Å²) in [6, 6.07) is 18.7. The van der Waals surface area contributed by atoms with Crippen molar-refractivity contribution >= 4 is 40.9 Å². The van der Waals surface area contributed by atoms with E-state index < -0.39 is 58.5 Å². The number of benzene rings is 3. The molecule has 6 atom stereocenters. The lowest BCUT2D eigenvalue weighted by atomic mass is 9.49. The molecule has 1 saturated carbocycles. The third-order valence-corrected chi connectivity index (χ3v) is 9.60. The third kappa shape index (κ3) is 3.66. The first kappa shape index (κ1) is 26.4. The molecule has 0 aromatic heterocycles. The van der Waals surface area contributed by atoms with Crippen molar-refractivity contribution < 1.29 is 28.7 Å². The number of carbonyl (C=O) groups is 4. The molecule has 3 fully saturated rings. The first-order valence-corrected chi connectivity index (χ1v) is 14.1. The molecule has 2 aliphatic carbocycles. The van der Waals surface area contributed by atoms with Crippen molar-refractivity contribution in [3.05, 3.63) is 106 Å². The molecule has 0 unspecified atom stereocenters. The topological polar surface area (TPSA) is 116 Å². The molecule has 2 aliphatic heterocycles. The highest BCUT2D eigenvalue weighted by molar-refractivity contribution is 6.30. The zero-order valence-electron chi connectivity index (χ0n) is 22.1. The predicted octanol–water partition coefficient (Wildman–Crippen LogP) is 4.46. The Kier molecular flexibility index (Phi) is 5.99. The van der Waals surface area contributed by atoms with Crippen LogP contribution in [0.2, 0.25) is 5.02 Å². The molecular formula is C32H25ClFN3O5. The monoisotopic (exact) mass is 585 g/mol. The van der Waals surface area contributed by atoms with Crippen molar-refractivity contribution in [2.24, 2.45) is 23.7 Å². The van der Waals surface area contributed by atoms with Crippen LogP contribution in [0.1, 0.15) is 29.9 Å². The number of hydrogen-bond donors (Lipinski definition) is 3. The standard InChI is InChI=1S/C32H25ClFN3O5/c33-17-7-5-16(6-8-17)32-24(30(41)37(31(32)42)36-19-11-9-18(34)10-12-19)15-23-20(27(32)21-3-1-2-4-25(21)38)13-14-22-26(23)29(40)35-28(22)39/h1-13,22-24,26-27,36,38H,14-15H2,(H,35,39,40)/t22-,23+,24-,26-,27+,32+/m0/s1. The first-order valence-electron chi connectivity index (χ1n) is 13.7. The van der Waals surface area contributed by atoms with E-state index >= 15 is 0 Å². The molecule has 10 heteroatoms. The Hall–Kier alpha value is -4.50. The zero-order chi connectivity index (χ0) is 29.3. The van der Waals surface area contributed by atoms with Crippen molar-refractivity contribution in [1.82, 2.24) is 10.3 Å². The Morgan fingerprint density at radius 1 is 0.929 bits per heavy atom. The molecule has 3 N–H and O–H groups in total. The molecule has 42 heavy (non-hydrogen) atoms. The average molecular weight is 586 g/mol. The maximum absolute atomic E-state index is 14.8. The van der Waals surface area contributed by atoms with E-state index in [-0.39, 0.29) is 18.1 Å². The SMILES string of the molecule is O=C1NC(=O)[C@H]2CC=C3[C@@H](C[C@H]4C(=O)N(Nc5ccc(F)cc5)C(=O)[C@@]4(c4ccc(Cl)cc4)[C@H]3c3ccccc3O)[C@@H]12. The molecular weight excluding hydrogens is 561 g/mol. The van der Waals surface area contributed by atoms with Crippen molar-refractivity contribution in [2.75, 3.05) is 5.43 Å². The van der Waals surface area contributed by atoms with E-state index in [1.54, 1.807) is 42.5 Å². The fourth-order valence-corrected chi connectivity index (χ4v) is 7.77. The number of fused-ring (bicyclic) bond motifs is 4. The Balaban J connectivity index is 1.48. The highest BCUT2D eigenvalue weighted by Gasteiger charge is 2.70. The number of hydrazine groups is 1. The van der Waals surface area contributed by atoms with E-state index in [9.17, 15) is 28.7 Å². The number of phenolic OH excluding ortho intramolecular Hbond substituents is 1. The van der Waals surface area contributed by atoms with E-state index in [1.807, 2.05) is 6.08 Å². The minimum atomic E-state index is -1.53. The quantitative estimate of drug-likeness (QED) is 0.308. The summed E-state index contributed by atoms with van der Waals surface area (Å²) in [4.78, 5) is 54.9. The van der Waals surface area contributed by atoms with Gasteiger partial charge in [0.05, 0.1) is 28.9 Å². The summed E-state index contributed by atoms with van der Waals surface area (Å²) < 4.78 is 13.7. The molecule has 3 aromatic carbocycles. The van der Waals surface area contributed by atoms with Crippen LogP contribution in [0.15, 0.2) is 84.4 Å². The number of halogens is 2. The molecule has 7 rings (SSSR count). The number of aromatic hydroxyl groups is 1. The molecule has 0 radical (unpaired) electrons. The number of allylic oxidation sites excluding steroid dienone is 2. The number of nitrogens with zero attached hydrogens (tertiary/aromatic N) is 1. The minimum absolute atomic E-state index is 0.0598. The molecule has 0 bridgehead atoms. The fourth-order valence-electron chi connectivity index (χ4n) is 7.64. The summed E-state index contributed by atoms with van der Waals surface area (Å²) in [5, 5.41) is 15.1. The van der Waals surface area contributed by atoms with Gasteiger partial charge in [-0.2, -0.15) is 5.01 Å². The van der Waals surface area contributed by atoms with Crippen LogP contribution in [0.3, 0.4) is 0 Å². The highest BCUT2D eigenvalue weighted by Crippen LogP contribution is 2.64. The molecule has 2 heterocycles. The number of amides is 4. The summed E-state index contributed by atoms with van der Waals surface area (Å²) in [6.45, 7) is 0. The lowest BCUT2D eigenvalue weighted by molar-refractivity contribution is -0.138. The summed E-state index contributed by atoms with van der Waals surface area (Å²) in [5.41, 5.74) is 3.39. The third-order valence-electron chi connectivity index (χ3n) is 9.35. The van der Waals surface area contributed by atoms with Crippen LogP contribution in [-0.4, -0.2) is 33.7 Å². The van der Waals surface area contributed by atoms with Crippen molar-refractivity contribution in [3.8, 4) is 5.75 Å². The van der Waals surface area contributed by atoms with Crippen LogP contribution < -0.4 is 10.7 Å². The lowest BCUT2D eigenvalue weighted by Crippen LogP contribution is -2.53. The van der Waals surface area contributed by atoms with Crippen LogP contribution in [-0.2, 0) is 24.6 Å². The smallest absolute Gasteiger partial charge is 0.260 e. The molecule has 212 valence electrons. The van der Waals surface area contributed by atoms with Crippen LogP contribution in [0.25, 0.3) is 0 Å². The fraction of sp³-hybridized carbons (Fsp3) is 0.250. The second-order valence-electron chi connectivity index (χ2n) is 11.3. The number of nitrogens with one attached hydrogen (secondary N) is 2. The van der Waals surface area contributed by atoms with E-state index in [2.05, 4.69) is 10.7 Å². The van der Waals surface area contributed by atoms with Gasteiger partial charge in [0, 0.05) is 16.5 Å². The average Bonchev–Trinajstić information content (AvgIpc) is 3.39. The number of hydrogen-bond acceptors (Lipinski definition) is 6. The van der Waals surface area contributed by atoms with Gasteiger partial charge >= 0.3 is 0 Å². The van der Waals surface area contributed by atoms with Crippen LogP contribution in [0.5, 0.6) is 5.75 Å². The second-order valence-corrected chi connectivity index (χ2v) is 11.7.